The molecular weight excluding hydrogens is 306 g/mol. The lowest BCUT2D eigenvalue weighted by molar-refractivity contribution is 0.312. The fourth-order valence-electron chi connectivity index (χ4n) is 2.80. The number of anilines is 2. The lowest BCUT2D eigenvalue weighted by atomic mass is 10.2. The third kappa shape index (κ3) is 2.87. The number of nitrogen functional groups attached to an aromatic ring is 1. The molecule has 6 heteroatoms. The zero-order valence-electron chi connectivity index (χ0n) is 13.1. The summed E-state index contributed by atoms with van der Waals surface area (Å²) in [5.41, 5.74) is 8.66. The van der Waals surface area contributed by atoms with E-state index in [-0.39, 0.29) is 0 Å². The van der Waals surface area contributed by atoms with Gasteiger partial charge in [-0.15, -0.1) is 11.3 Å². The van der Waals surface area contributed by atoms with Crippen LogP contribution in [0.5, 0.6) is 0 Å². The van der Waals surface area contributed by atoms with E-state index in [4.69, 9.17) is 5.73 Å². The van der Waals surface area contributed by atoms with E-state index < -0.39 is 0 Å². The van der Waals surface area contributed by atoms with E-state index in [9.17, 15) is 0 Å². The first-order valence-corrected chi connectivity index (χ1v) is 8.57. The number of fused-ring (bicyclic) bond motifs is 1. The SMILES string of the molecule is CN1CCN(c2ccc(-c3nc4ccc(N)cc4s3)cn2)CC1. The lowest BCUT2D eigenvalue weighted by Gasteiger charge is -2.33. The number of aromatic nitrogens is 2. The van der Waals surface area contributed by atoms with Crippen LogP contribution in [0.15, 0.2) is 36.5 Å². The van der Waals surface area contributed by atoms with Crippen LogP contribution in [0.4, 0.5) is 11.5 Å². The lowest BCUT2D eigenvalue weighted by Crippen LogP contribution is -2.44. The molecule has 3 heterocycles. The third-order valence-electron chi connectivity index (χ3n) is 4.23. The van der Waals surface area contributed by atoms with Crippen LogP contribution in [0, 0.1) is 0 Å². The summed E-state index contributed by atoms with van der Waals surface area (Å²) >= 11 is 1.65. The molecule has 2 aromatic heterocycles. The Bertz CT molecular complexity index is 819. The molecule has 5 nitrogen and oxygen atoms in total. The molecule has 0 spiro atoms. The highest BCUT2D eigenvalue weighted by Gasteiger charge is 2.15. The maximum atomic E-state index is 5.84. The Hall–Kier alpha value is -2.18. The second-order valence-electron chi connectivity index (χ2n) is 5.94. The number of likely N-dealkylation sites (N-methyl/N-ethyl adjacent to an activating group) is 1. The molecule has 0 aliphatic carbocycles. The van der Waals surface area contributed by atoms with Crippen molar-refractivity contribution >= 4 is 33.1 Å². The van der Waals surface area contributed by atoms with Crippen molar-refractivity contribution in [3.8, 4) is 10.6 Å². The number of hydrogen-bond acceptors (Lipinski definition) is 6. The molecule has 4 rings (SSSR count). The van der Waals surface area contributed by atoms with Gasteiger partial charge in [0.25, 0.3) is 0 Å². The average Bonchev–Trinajstić information content (AvgIpc) is 2.99. The number of pyridine rings is 1. The van der Waals surface area contributed by atoms with Crippen molar-refractivity contribution < 1.29 is 0 Å². The van der Waals surface area contributed by atoms with Gasteiger partial charge >= 0.3 is 0 Å². The fourth-order valence-corrected chi connectivity index (χ4v) is 3.80. The zero-order valence-corrected chi connectivity index (χ0v) is 13.9. The van der Waals surface area contributed by atoms with Crippen LogP contribution in [-0.2, 0) is 0 Å². The fraction of sp³-hybridized carbons (Fsp3) is 0.294. The largest absolute Gasteiger partial charge is 0.399 e. The summed E-state index contributed by atoms with van der Waals surface area (Å²) in [6.45, 7) is 4.23. The van der Waals surface area contributed by atoms with Gasteiger partial charge in [-0.3, -0.25) is 0 Å². The van der Waals surface area contributed by atoms with E-state index in [2.05, 4.69) is 38.9 Å². The molecular formula is C17H19N5S. The molecule has 1 saturated heterocycles. The van der Waals surface area contributed by atoms with Crippen molar-refractivity contribution in [3.63, 3.8) is 0 Å². The van der Waals surface area contributed by atoms with Gasteiger partial charge in [0.15, 0.2) is 0 Å². The van der Waals surface area contributed by atoms with Gasteiger partial charge in [-0.2, -0.15) is 0 Å². The van der Waals surface area contributed by atoms with E-state index in [1.807, 2.05) is 24.4 Å². The van der Waals surface area contributed by atoms with E-state index in [1.165, 1.54) is 0 Å². The smallest absolute Gasteiger partial charge is 0.128 e. The minimum Gasteiger partial charge on any atom is -0.399 e. The van der Waals surface area contributed by atoms with Crippen molar-refractivity contribution in [3.05, 3.63) is 36.5 Å². The summed E-state index contributed by atoms with van der Waals surface area (Å²) in [6, 6.07) is 10.0. The molecule has 1 aliphatic heterocycles. The number of benzene rings is 1. The van der Waals surface area contributed by atoms with Crippen LogP contribution in [0.25, 0.3) is 20.8 Å². The summed E-state index contributed by atoms with van der Waals surface area (Å²) in [5.74, 6) is 1.05. The van der Waals surface area contributed by atoms with Crippen LogP contribution < -0.4 is 10.6 Å². The average molecular weight is 325 g/mol. The Morgan fingerprint density at radius 3 is 2.65 bits per heavy atom. The molecule has 0 radical (unpaired) electrons. The van der Waals surface area contributed by atoms with Crippen LogP contribution in [0.3, 0.4) is 0 Å². The second kappa shape index (κ2) is 5.79. The summed E-state index contributed by atoms with van der Waals surface area (Å²) in [4.78, 5) is 14.0. The van der Waals surface area contributed by atoms with Gasteiger partial charge in [0, 0.05) is 43.6 Å². The molecule has 0 bridgehead atoms. The number of hydrogen-bond donors (Lipinski definition) is 1. The Balaban J connectivity index is 1.59. The predicted molar refractivity (Wildman–Crippen MR) is 97.0 cm³/mol. The van der Waals surface area contributed by atoms with Crippen LogP contribution in [0.2, 0.25) is 0 Å². The molecule has 118 valence electrons. The maximum absolute atomic E-state index is 5.84. The minimum atomic E-state index is 0.774. The summed E-state index contributed by atoms with van der Waals surface area (Å²) < 4.78 is 1.11. The van der Waals surface area contributed by atoms with Gasteiger partial charge in [-0.1, -0.05) is 0 Å². The molecule has 0 saturated carbocycles. The van der Waals surface area contributed by atoms with Crippen LogP contribution in [0.1, 0.15) is 0 Å². The highest BCUT2D eigenvalue weighted by Crippen LogP contribution is 2.31. The van der Waals surface area contributed by atoms with Crippen molar-refractivity contribution in [2.75, 3.05) is 43.9 Å². The zero-order chi connectivity index (χ0) is 15.8. The number of nitrogens with zero attached hydrogens (tertiary/aromatic N) is 4. The number of rotatable bonds is 2. The topological polar surface area (TPSA) is 58.3 Å². The van der Waals surface area contributed by atoms with Crippen molar-refractivity contribution in [1.82, 2.24) is 14.9 Å². The normalized spacial score (nSPS) is 16.1. The molecule has 1 fully saturated rings. The molecule has 23 heavy (non-hydrogen) atoms. The molecule has 3 aromatic rings. The van der Waals surface area contributed by atoms with Gasteiger partial charge in [-0.25, -0.2) is 9.97 Å². The molecule has 0 atom stereocenters. The quantitative estimate of drug-likeness (QED) is 0.734. The summed E-state index contributed by atoms with van der Waals surface area (Å²) in [6.07, 6.45) is 1.93. The van der Waals surface area contributed by atoms with Gasteiger partial charge in [0.2, 0.25) is 0 Å². The van der Waals surface area contributed by atoms with Gasteiger partial charge < -0.3 is 15.5 Å². The number of nitrogens with two attached hydrogens (primary N) is 1. The predicted octanol–water partition coefficient (Wildman–Crippen LogP) is 2.69. The van der Waals surface area contributed by atoms with Crippen LogP contribution >= 0.6 is 11.3 Å². The van der Waals surface area contributed by atoms with Gasteiger partial charge in [0.1, 0.15) is 10.8 Å². The number of piperazine rings is 1. The monoisotopic (exact) mass is 325 g/mol. The summed E-state index contributed by atoms with van der Waals surface area (Å²) in [5, 5.41) is 0.989. The van der Waals surface area contributed by atoms with E-state index in [0.29, 0.717) is 0 Å². The second-order valence-corrected chi connectivity index (χ2v) is 6.97. The van der Waals surface area contributed by atoms with Gasteiger partial charge in [0.05, 0.1) is 10.2 Å². The minimum absolute atomic E-state index is 0.774. The van der Waals surface area contributed by atoms with E-state index in [1.54, 1.807) is 11.3 Å². The first kappa shape index (κ1) is 14.4. The third-order valence-corrected chi connectivity index (χ3v) is 5.30. The standard InChI is InChI=1S/C17H19N5S/c1-21-6-8-22(9-7-21)16-5-2-12(11-19-16)17-20-14-4-3-13(18)10-15(14)23-17/h2-5,10-11H,6-9,18H2,1H3. The molecule has 1 aromatic carbocycles. The van der Waals surface area contributed by atoms with E-state index in [0.717, 1.165) is 58.5 Å². The Labute approximate surface area is 139 Å². The molecule has 0 unspecified atom stereocenters. The van der Waals surface area contributed by atoms with Gasteiger partial charge in [-0.05, 0) is 37.4 Å². The molecule has 0 amide bonds. The first-order valence-electron chi connectivity index (χ1n) is 7.75. The molecule has 1 aliphatic rings. The number of thiazole rings is 1. The Morgan fingerprint density at radius 2 is 1.91 bits per heavy atom. The Morgan fingerprint density at radius 1 is 1.09 bits per heavy atom. The maximum Gasteiger partial charge on any atom is 0.128 e. The first-order chi connectivity index (χ1) is 11.2. The highest BCUT2D eigenvalue weighted by molar-refractivity contribution is 7.21. The highest BCUT2D eigenvalue weighted by atomic mass is 32.1. The van der Waals surface area contributed by atoms with Crippen LogP contribution in [-0.4, -0.2) is 48.1 Å². The molecule has 2 N–H and O–H groups in total. The van der Waals surface area contributed by atoms with Crippen molar-refractivity contribution in [2.24, 2.45) is 0 Å². The van der Waals surface area contributed by atoms with Crippen molar-refractivity contribution in [1.29, 1.82) is 0 Å². The van der Waals surface area contributed by atoms with E-state index >= 15 is 0 Å². The van der Waals surface area contributed by atoms with Crippen molar-refractivity contribution in [2.45, 2.75) is 0 Å². The Kier molecular flexibility index (Phi) is 3.63. The summed E-state index contributed by atoms with van der Waals surface area (Å²) in [7, 11) is 2.16.